The molecule has 4 aromatic rings. The summed E-state index contributed by atoms with van der Waals surface area (Å²) in [7, 11) is 2.94. The van der Waals surface area contributed by atoms with E-state index < -0.39 is 41.0 Å². The summed E-state index contributed by atoms with van der Waals surface area (Å²) < 4.78 is 7.89. The molecule has 0 spiro atoms. The first kappa shape index (κ1) is 27.0. The number of aromatic nitrogens is 2. The van der Waals surface area contributed by atoms with Gasteiger partial charge in [-0.05, 0) is 36.8 Å². The van der Waals surface area contributed by atoms with Gasteiger partial charge >= 0.3 is 11.7 Å². The third-order valence-corrected chi connectivity index (χ3v) is 8.46. The molecule has 0 saturated heterocycles. The number of allylic oxidation sites excluding steroid dienone is 1. The molecule has 1 aromatic heterocycles. The second kappa shape index (κ2) is 9.60. The van der Waals surface area contributed by atoms with E-state index in [4.69, 9.17) is 4.74 Å². The van der Waals surface area contributed by atoms with Gasteiger partial charge in [-0.3, -0.25) is 33.2 Å². The number of hydrogen-bond acceptors (Lipinski definition) is 8. The van der Waals surface area contributed by atoms with Crippen molar-refractivity contribution in [1.29, 1.82) is 0 Å². The van der Waals surface area contributed by atoms with E-state index in [1.54, 1.807) is 43.4 Å². The standard InChI is InChI=1S/C33H24N4O7/c1-16(37-29(39)21-10-6-7-11-22(21)30(37)40)32(42)44-18-14-12-17(13-15-18)23-24-26(19-8-4-5-9-20(19)27(24)38)34-28-25(23)31(41)36(3)33(43)35(28)2/h4-16,23,34H,1-3H3. The summed E-state index contributed by atoms with van der Waals surface area (Å²) in [5.41, 5.74) is 2.24. The fourth-order valence-corrected chi connectivity index (χ4v) is 6.19. The Morgan fingerprint density at radius 2 is 1.34 bits per heavy atom. The van der Waals surface area contributed by atoms with Crippen molar-refractivity contribution in [3.05, 3.63) is 133 Å². The van der Waals surface area contributed by atoms with Gasteiger partial charge < -0.3 is 10.1 Å². The summed E-state index contributed by atoms with van der Waals surface area (Å²) in [5.74, 6) is -2.59. The Morgan fingerprint density at radius 3 is 1.95 bits per heavy atom. The lowest BCUT2D eigenvalue weighted by atomic mass is 9.81. The van der Waals surface area contributed by atoms with Crippen molar-refractivity contribution in [3.8, 4) is 5.75 Å². The Labute approximate surface area is 249 Å². The molecule has 0 saturated carbocycles. The quantitative estimate of drug-likeness (QED) is 0.218. The zero-order chi connectivity index (χ0) is 31.0. The molecule has 11 nitrogen and oxygen atoms in total. The van der Waals surface area contributed by atoms with Crippen molar-refractivity contribution in [1.82, 2.24) is 14.0 Å². The molecule has 3 aromatic carbocycles. The molecule has 0 fully saturated rings. The van der Waals surface area contributed by atoms with Crippen LogP contribution in [0.2, 0.25) is 0 Å². The molecule has 0 radical (unpaired) electrons. The first-order valence-corrected chi connectivity index (χ1v) is 13.8. The number of Topliss-reactive ketones (excluding diaryl/α,β-unsaturated/α-hetero) is 1. The first-order chi connectivity index (χ1) is 21.1. The highest BCUT2D eigenvalue weighted by Gasteiger charge is 2.43. The molecule has 44 heavy (non-hydrogen) atoms. The van der Waals surface area contributed by atoms with Crippen LogP contribution in [0.5, 0.6) is 5.75 Å². The average molecular weight is 589 g/mol. The Bertz CT molecular complexity index is 2100. The van der Waals surface area contributed by atoms with E-state index >= 15 is 0 Å². The number of ether oxygens (including phenoxy) is 1. The normalized spacial score (nSPS) is 17.1. The number of fused-ring (bicyclic) bond motifs is 4. The first-order valence-electron chi connectivity index (χ1n) is 13.8. The van der Waals surface area contributed by atoms with E-state index in [2.05, 4.69) is 5.32 Å². The van der Waals surface area contributed by atoms with E-state index in [0.717, 1.165) is 9.47 Å². The van der Waals surface area contributed by atoms with E-state index in [0.29, 0.717) is 28.0 Å². The maximum atomic E-state index is 13.7. The number of benzene rings is 3. The highest BCUT2D eigenvalue weighted by molar-refractivity contribution is 6.24. The van der Waals surface area contributed by atoms with Crippen LogP contribution in [0.1, 0.15) is 60.6 Å². The van der Waals surface area contributed by atoms with Crippen LogP contribution in [0.15, 0.2) is 88.0 Å². The minimum Gasteiger partial charge on any atom is -0.425 e. The van der Waals surface area contributed by atoms with Gasteiger partial charge in [0.15, 0.2) is 5.78 Å². The van der Waals surface area contributed by atoms with Crippen molar-refractivity contribution in [2.45, 2.75) is 18.9 Å². The molecule has 1 N–H and O–H groups in total. The van der Waals surface area contributed by atoms with Crippen LogP contribution in [0.3, 0.4) is 0 Å². The minimum absolute atomic E-state index is 0.139. The Hall–Kier alpha value is -5.84. The highest BCUT2D eigenvalue weighted by atomic mass is 16.5. The second-order valence-electron chi connectivity index (χ2n) is 10.9. The lowest BCUT2D eigenvalue weighted by Crippen LogP contribution is -2.44. The van der Waals surface area contributed by atoms with E-state index in [-0.39, 0.29) is 34.0 Å². The topological polar surface area (TPSA) is 137 Å². The van der Waals surface area contributed by atoms with Gasteiger partial charge in [-0.1, -0.05) is 48.5 Å². The lowest BCUT2D eigenvalue weighted by molar-refractivity contribution is -0.138. The molecule has 7 rings (SSSR count). The number of nitrogens with one attached hydrogen (secondary N) is 1. The molecular formula is C33H24N4O7. The summed E-state index contributed by atoms with van der Waals surface area (Å²) in [4.78, 5) is 79.7. The molecule has 1 aliphatic carbocycles. The number of carbonyl (C=O) groups is 4. The Kier molecular flexibility index (Phi) is 5.89. The second-order valence-corrected chi connectivity index (χ2v) is 10.9. The molecule has 2 atom stereocenters. The monoisotopic (exact) mass is 588 g/mol. The molecule has 2 aliphatic heterocycles. The van der Waals surface area contributed by atoms with Gasteiger partial charge in [0, 0.05) is 36.7 Å². The predicted octanol–water partition coefficient (Wildman–Crippen LogP) is 2.84. The van der Waals surface area contributed by atoms with Crippen molar-refractivity contribution < 1.29 is 23.9 Å². The molecule has 11 heteroatoms. The maximum Gasteiger partial charge on any atom is 0.334 e. The average Bonchev–Trinajstić information content (AvgIpc) is 3.47. The summed E-state index contributed by atoms with van der Waals surface area (Å²) >= 11 is 0. The number of carbonyl (C=O) groups excluding carboxylic acids is 4. The smallest absolute Gasteiger partial charge is 0.334 e. The molecule has 2 amide bonds. The largest absolute Gasteiger partial charge is 0.425 e. The summed E-state index contributed by atoms with van der Waals surface area (Å²) in [6, 6.07) is 18.6. The Morgan fingerprint density at radius 1 is 0.773 bits per heavy atom. The molecule has 0 bridgehead atoms. The van der Waals surface area contributed by atoms with Crippen LogP contribution in [0.25, 0.3) is 5.70 Å². The molecule has 3 aliphatic rings. The number of ketones is 1. The number of rotatable bonds is 4. The van der Waals surface area contributed by atoms with Gasteiger partial charge in [0.1, 0.15) is 17.6 Å². The van der Waals surface area contributed by atoms with Gasteiger partial charge in [0.05, 0.1) is 22.4 Å². The number of anilines is 1. The van der Waals surface area contributed by atoms with Crippen LogP contribution >= 0.6 is 0 Å². The van der Waals surface area contributed by atoms with Crippen molar-refractivity contribution in [2.75, 3.05) is 5.32 Å². The third kappa shape index (κ3) is 3.68. The van der Waals surface area contributed by atoms with Crippen LogP contribution in [0, 0.1) is 0 Å². The van der Waals surface area contributed by atoms with Gasteiger partial charge in [0.2, 0.25) is 0 Å². The van der Waals surface area contributed by atoms with Gasteiger partial charge in [-0.2, -0.15) is 0 Å². The number of amides is 2. The summed E-state index contributed by atoms with van der Waals surface area (Å²) in [5, 5.41) is 3.19. The maximum absolute atomic E-state index is 13.7. The van der Waals surface area contributed by atoms with Crippen LogP contribution in [-0.2, 0) is 18.9 Å². The van der Waals surface area contributed by atoms with Gasteiger partial charge in [0.25, 0.3) is 17.4 Å². The molecular weight excluding hydrogens is 564 g/mol. The number of hydrogen-bond donors (Lipinski definition) is 1. The SMILES string of the molecule is CC(C(=O)Oc1ccc(C2C3=C(Nc4c2c(=O)n(C)c(=O)n4C)c2ccccc2C3=O)cc1)N1C(=O)c2ccccc2C1=O. The van der Waals surface area contributed by atoms with Gasteiger partial charge in [-0.25, -0.2) is 9.59 Å². The Balaban J connectivity index is 1.24. The van der Waals surface area contributed by atoms with Crippen molar-refractivity contribution in [2.24, 2.45) is 14.1 Å². The van der Waals surface area contributed by atoms with Crippen molar-refractivity contribution >= 4 is 35.1 Å². The number of nitrogens with zero attached hydrogens (tertiary/aromatic N) is 3. The highest BCUT2D eigenvalue weighted by Crippen LogP contribution is 2.48. The number of esters is 1. The fourth-order valence-electron chi connectivity index (χ4n) is 6.19. The van der Waals surface area contributed by atoms with E-state index in [1.165, 1.54) is 42.8 Å². The van der Waals surface area contributed by atoms with Crippen LogP contribution in [-0.4, -0.2) is 43.6 Å². The summed E-state index contributed by atoms with van der Waals surface area (Å²) in [6.45, 7) is 1.42. The lowest BCUT2D eigenvalue weighted by Gasteiger charge is -2.29. The summed E-state index contributed by atoms with van der Waals surface area (Å²) in [6.07, 6.45) is 0. The third-order valence-electron chi connectivity index (χ3n) is 8.46. The molecule has 2 unspecified atom stereocenters. The van der Waals surface area contributed by atoms with Crippen LogP contribution < -0.4 is 21.3 Å². The fraction of sp³-hybridized carbons (Fsp3) is 0.152. The van der Waals surface area contributed by atoms with Gasteiger partial charge in [-0.15, -0.1) is 0 Å². The van der Waals surface area contributed by atoms with Crippen LogP contribution in [0.4, 0.5) is 5.82 Å². The molecule has 3 heterocycles. The van der Waals surface area contributed by atoms with E-state index in [9.17, 15) is 28.8 Å². The molecule has 218 valence electrons. The van der Waals surface area contributed by atoms with Crippen molar-refractivity contribution in [3.63, 3.8) is 0 Å². The number of imide groups is 1. The zero-order valence-electron chi connectivity index (χ0n) is 23.8. The predicted molar refractivity (Wildman–Crippen MR) is 159 cm³/mol. The van der Waals surface area contributed by atoms with E-state index in [1.807, 2.05) is 12.1 Å². The zero-order valence-corrected chi connectivity index (χ0v) is 23.8. The minimum atomic E-state index is -1.19.